The molecule has 0 bridgehead atoms. The SMILES string of the molecule is C=N/C(=C\NC)CCNC(=O)c1cccc(-c2cc(-c3ccccc3C)nc(NC(=C)c3cccc(O)c3)c2C#N)c1. The lowest BCUT2D eigenvalue weighted by molar-refractivity contribution is 0.0954. The molecule has 0 atom stereocenters. The van der Waals surface area contributed by atoms with Crippen molar-refractivity contribution in [2.75, 3.05) is 18.9 Å². The molecule has 0 saturated heterocycles. The Balaban J connectivity index is 1.75. The van der Waals surface area contributed by atoms with Crippen LogP contribution in [-0.2, 0) is 0 Å². The first kappa shape index (κ1) is 29.3. The fraction of sp³-hybridized carbons (Fsp3) is 0.118. The zero-order chi connectivity index (χ0) is 30.1. The number of nitriles is 1. The van der Waals surface area contributed by atoms with Crippen LogP contribution in [0.3, 0.4) is 0 Å². The van der Waals surface area contributed by atoms with Gasteiger partial charge in [-0.1, -0.05) is 55.1 Å². The van der Waals surface area contributed by atoms with E-state index in [0.717, 1.165) is 16.8 Å². The molecule has 4 aromatic rings. The van der Waals surface area contributed by atoms with Crippen LogP contribution in [0, 0.1) is 18.3 Å². The number of phenolic OH excluding ortho intramolecular Hbond substituents is 1. The van der Waals surface area contributed by atoms with Crippen molar-refractivity contribution in [1.29, 1.82) is 5.26 Å². The molecule has 3 aromatic carbocycles. The molecule has 0 aliphatic carbocycles. The number of pyridine rings is 1. The lowest BCUT2D eigenvalue weighted by atomic mass is 9.95. The number of rotatable bonds is 11. The highest BCUT2D eigenvalue weighted by molar-refractivity contribution is 5.96. The predicted octanol–water partition coefficient (Wildman–Crippen LogP) is 6.27. The van der Waals surface area contributed by atoms with E-state index in [1.54, 1.807) is 55.7 Å². The van der Waals surface area contributed by atoms with E-state index in [1.165, 1.54) is 0 Å². The summed E-state index contributed by atoms with van der Waals surface area (Å²) in [5.74, 6) is 0.174. The molecule has 1 heterocycles. The van der Waals surface area contributed by atoms with Gasteiger partial charge in [-0.3, -0.25) is 9.79 Å². The molecule has 0 unspecified atom stereocenters. The van der Waals surface area contributed by atoms with Crippen molar-refractivity contribution in [2.24, 2.45) is 4.99 Å². The molecule has 0 saturated carbocycles. The normalized spacial score (nSPS) is 10.8. The summed E-state index contributed by atoms with van der Waals surface area (Å²) in [6.45, 7) is 10.0. The van der Waals surface area contributed by atoms with Gasteiger partial charge in [-0.25, -0.2) is 4.98 Å². The third kappa shape index (κ3) is 6.90. The summed E-state index contributed by atoms with van der Waals surface area (Å²) in [4.78, 5) is 21.8. The van der Waals surface area contributed by atoms with Gasteiger partial charge < -0.3 is 21.1 Å². The van der Waals surface area contributed by atoms with E-state index in [2.05, 4.69) is 40.3 Å². The molecule has 0 fully saturated rings. The Morgan fingerprint density at radius 1 is 1.05 bits per heavy atom. The number of nitrogens with zero attached hydrogens (tertiary/aromatic N) is 3. The number of aromatic nitrogens is 1. The molecule has 1 amide bonds. The molecular formula is C34H32N6O2. The summed E-state index contributed by atoms with van der Waals surface area (Å²) >= 11 is 0. The second kappa shape index (κ2) is 13.6. The molecule has 1 aromatic heterocycles. The topological polar surface area (TPSA) is 122 Å². The minimum Gasteiger partial charge on any atom is -0.508 e. The van der Waals surface area contributed by atoms with Crippen LogP contribution in [0.5, 0.6) is 5.75 Å². The van der Waals surface area contributed by atoms with E-state index < -0.39 is 0 Å². The predicted molar refractivity (Wildman–Crippen MR) is 169 cm³/mol. The molecule has 0 spiro atoms. The summed E-state index contributed by atoms with van der Waals surface area (Å²) in [5, 5.41) is 29.3. The highest BCUT2D eigenvalue weighted by Gasteiger charge is 2.18. The average Bonchev–Trinajstić information content (AvgIpc) is 3.00. The second-order valence-corrected chi connectivity index (χ2v) is 9.53. The summed E-state index contributed by atoms with van der Waals surface area (Å²) in [6.07, 6.45) is 2.26. The molecule has 4 rings (SSSR count). The number of aryl methyl sites for hydroxylation is 1. The molecule has 210 valence electrons. The zero-order valence-electron chi connectivity index (χ0n) is 23.6. The van der Waals surface area contributed by atoms with Gasteiger partial charge in [0.05, 0.1) is 11.4 Å². The summed E-state index contributed by atoms with van der Waals surface area (Å²) in [7, 11) is 1.78. The fourth-order valence-corrected chi connectivity index (χ4v) is 4.48. The highest BCUT2D eigenvalue weighted by Crippen LogP contribution is 2.35. The van der Waals surface area contributed by atoms with E-state index in [1.807, 2.05) is 43.3 Å². The first-order valence-electron chi connectivity index (χ1n) is 13.3. The van der Waals surface area contributed by atoms with E-state index >= 15 is 0 Å². The number of carbonyl (C=O) groups excluding carboxylic acids is 1. The molecule has 0 aliphatic rings. The quantitative estimate of drug-likeness (QED) is 0.162. The van der Waals surface area contributed by atoms with Gasteiger partial charge in [0.15, 0.2) is 0 Å². The first-order chi connectivity index (χ1) is 20.3. The van der Waals surface area contributed by atoms with E-state index in [9.17, 15) is 15.2 Å². The number of aromatic hydroxyl groups is 1. The van der Waals surface area contributed by atoms with Gasteiger partial charge in [0, 0.05) is 54.2 Å². The minimum atomic E-state index is -0.243. The maximum Gasteiger partial charge on any atom is 0.251 e. The van der Waals surface area contributed by atoms with E-state index in [0.29, 0.717) is 58.0 Å². The molecule has 8 nitrogen and oxygen atoms in total. The zero-order valence-corrected chi connectivity index (χ0v) is 23.6. The average molecular weight is 557 g/mol. The molecule has 0 aliphatic heterocycles. The maximum absolute atomic E-state index is 13.0. The standard InChI is InChI=1S/C34H32N6O2/c1-22-9-5-6-14-29(22)32-19-30(31(20-35)33(40-32)39-23(2)24-10-8-13-28(41)18-24)25-11-7-12-26(17-25)34(42)38-16-15-27(37-4)21-36-3/h5-14,17-19,21,36,41H,2,4,15-16H2,1,3H3,(H,38,42)(H,39,40)/b27-21-. The molecule has 4 N–H and O–H groups in total. The summed E-state index contributed by atoms with van der Waals surface area (Å²) in [6, 6.07) is 25.8. The van der Waals surface area contributed by atoms with Crippen molar-refractivity contribution < 1.29 is 9.90 Å². The van der Waals surface area contributed by atoms with Crippen molar-refractivity contribution in [3.05, 3.63) is 120 Å². The third-order valence-electron chi connectivity index (χ3n) is 6.63. The van der Waals surface area contributed by atoms with Crippen molar-refractivity contribution in [3.8, 4) is 34.2 Å². The van der Waals surface area contributed by atoms with E-state index in [4.69, 9.17) is 4.98 Å². The monoisotopic (exact) mass is 556 g/mol. The number of nitrogens with one attached hydrogen (secondary N) is 3. The Morgan fingerprint density at radius 2 is 1.81 bits per heavy atom. The lowest BCUT2D eigenvalue weighted by Crippen LogP contribution is -2.24. The maximum atomic E-state index is 13.0. The van der Waals surface area contributed by atoms with Gasteiger partial charge in [0.1, 0.15) is 23.2 Å². The Labute approximate surface area is 245 Å². The Kier molecular flexibility index (Phi) is 9.49. The number of carbonyl (C=O) groups is 1. The van der Waals surface area contributed by atoms with Crippen LogP contribution in [-0.4, -0.2) is 36.3 Å². The van der Waals surface area contributed by atoms with Crippen molar-refractivity contribution in [1.82, 2.24) is 15.6 Å². The number of hydrogen-bond donors (Lipinski definition) is 4. The highest BCUT2D eigenvalue weighted by atomic mass is 16.3. The van der Waals surface area contributed by atoms with Gasteiger partial charge >= 0.3 is 0 Å². The molecule has 0 radical (unpaired) electrons. The largest absolute Gasteiger partial charge is 0.508 e. The van der Waals surface area contributed by atoms with Crippen LogP contribution in [0.2, 0.25) is 0 Å². The summed E-state index contributed by atoms with van der Waals surface area (Å²) in [5.41, 5.74) is 6.49. The minimum absolute atomic E-state index is 0.100. The number of aliphatic imine (C=N–C) groups is 1. The van der Waals surface area contributed by atoms with Gasteiger partial charge in [0.2, 0.25) is 0 Å². The Morgan fingerprint density at radius 3 is 2.52 bits per heavy atom. The van der Waals surface area contributed by atoms with Crippen LogP contribution in [0.4, 0.5) is 5.82 Å². The van der Waals surface area contributed by atoms with Gasteiger partial charge in [-0.15, -0.1) is 0 Å². The van der Waals surface area contributed by atoms with Crippen molar-refractivity contribution in [2.45, 2.75) is 13.3 Å². The summed E-state index contributed by atoms with van der Waals surface area (Å²) < 4.78 is 0. The molecule has 42 heavy (non-hydrogen) atoms. The van der Waals surface area contributed by atoms with Gasteiger partial charge in [0.25, 0.3) is 5.91 Å². The Hall–Kier alpha value is -5.68. The Bertz CT molecular complexity index is 1720. The lowest BCUT2D eigenvalue weighted by Gasteiger charge is -2.17. The number of benzene rings is 3. The molecular weight excluding hydrogens is 524 g/mol. The smallest absolute Gasteiger partial charge is 0.251 e. The van der Waals surface area contributed by atoms with Crippen LogP contribution in [0.15, 0.2) is 102 Å². The van der Waals surface area contributed by atoms with Crippen LogP contribution in [0.25, 0.3) is 28.1 Å². The van der Waals surface area contributed by atoms with Crippen LogP contribution < -0.4 is 16.0 Å². The first-order valence-corrected chi connectivity index (χ1v) is 13.3. The number of phenols is 1. The number of amides is 1. The fourth-order valence-electron chi connectivity index (χ4n) is 4.48. The van der Waals surface area contributed by atoms with E-state index in [-0.39, 0.29) is 11.7 Å². The van der Waals surface area contributed by atoms with Crippen LogP contribution >= 0.6 is 0 Å². The van der Waals surface area contributed by atoms with Gasteiger partial charge in [-0.05, 0) is 55.1 Å². The third-order valence-corrected chi connectivity index (χ3v) is 6.63. The van der Waals surface area contributed by atoms with Crippen molar-refractivity contribution >= 4 is 24.1 Å². The molecule has 8 heteroatoms. The number of hydrogen-bond acceptors (Lipinski definition) is 7. The van der Waals surface area contributed by atoms with Crippen molar-refractivity contribution in [3.63, 3.8) is 0 Å². The van der Waals surface area contributed by atoms with Gasteiger partial charge in [-0.2, -0.15) is 5.26 Å². The number of anilines is 1. The second-order valence-electron chi connectivity index (χ2n) is 9.53. The van der Waals surface area contributed by atoms with Crippen LogP contribution in [0.1, 0.15) is 33.5 Å².